The van der Waals surface area contributed by atoms with Gasteiger partial charge in [0.15, 0.2) is 5.78 Å². The van der Waals surface area contributed by atoms with Gasteiger partial charge in [-0.1, -0.05) is 67.2 Å². The summed E-state index contributed by atoms with van der Waals surface area (Å²) < 4.78 is 19.3. The summed E-state index contributed by atoms with van der Waals surface area (Å²) in [5.41, 5.74) is 1.30. The van der Waals surface area contributed by atoms with E-state index < -0.39 is 19.3 Å². The Morgan fingerprint density at radius 2 is 1.35 bits per heavy atom. The Morgan fingerprint density at radius 1 is 0.871 bits per heavy atom. The number of Topliss-reactive ketones (excluding diaryl/α,β-unsaturated/α-hetero) is 1. The molecule has 158 valence electrons. The van der Waals surface area contributed by atoms with Gasteiger partial charge in [-0.25, -0.2) is 9.88 Å². The molecular formula is C25H24NO4P. The van der Waals surface area contributed by atoms with Crippen LogP contribution in [0.2, 0.25) is 0 Å². The minimum atomic E-state index is -3.37. The molecule has 0 amide bonds. The average Bonchev–Trinajstić information content (AvgIpc) is 2.82. The molecule has 5 nitrogen and oxygen atoms in total. The number of ether oxygens (including phenoxy) is 1. The molecule has 1 atom stereocenters. The zero-order valence-electron chi connectivity index (χ0n) is 17.4. The fourth-order valence-corrected chi connectivity index (χ4v) is 5.72. The largest absolute Gasteiger partial charge is 0.466 e. The van der Waals surface area contributed by atoms with Crippen LogP contribution >= 0.6 is 7.29 Å². The van der Waals surface area contributed by atoms with Gasteiger partial charge in [-0.15, -0.1) is 0 Å². The fourth-order valence-electron chi connectivity index (χ4n) is 3.27. The summed E-state index contributed by atoms with van der Waals surface area (Å²) in [5.74, 6) is -0.678. The van der Waals surface area contributed by atoms with Crippen LogP contribution in [0.1, 0.15) is 28.9 Å². The van der Waals surface area contributed by atoms with E-state index in [0.717, 1.165) is 0 Å². The minimum Gasteiger partial charge on any atom is -0.466 e. The van der Waals surface area contributed by atoms with Crippen LogP contribution in [0.25, 0.3) is 0 Å². The molecule has 31 heavy (non-hydrogen) atoms. The number of hydrogen-bond acceptors (Lipinski definition) is 4. The molecule has 0 saturated heterocycles. The molecule has 1 N–H and O–H groups in total. The first kappa shape index (κ1) is 22.4. The van der Waals surface area contributed by atoms with E-state index in [4.69, 9.17) is 4.74 Å². The lowest BCUT2D eigenvalue weighted by molar-refractivity contribution is -0.136. The molecule has 0 unspecified atom stereocenters. The number of carbonyl (C=O) groups is 2. The van der Waals surface area contributed by atoms with E-state index in [0.29, 0.717) is 21.7 Å². The molecule has 0 aliphatic carbocycles. The number of rotatable bonds is 8. The van der Waals surface area contributed by atoms with E-state index in [-0.39, 0.29) is 11.4 Å². The maximum absolute atomic E-state index is 14.4. The number of benzene rings is 3. The molecule has 0 fully saturated rings. The fraction of sp³-hybridized carbons (Fsp3) is 0.120. The van der Waals surface area contributed by atoms with Crippen molar-refractivity contribution in [2.24, 2.45) is 0 Å². The summed E-state index contributed by atoms with van der Waals surface area (Å²) in [5, 5.41) is 4.42. The summed E-state index contributed by atoms with van der Waals surface area (Å²) in [6.07, 6.45) is 0. The molecule has 3 aromatic carbocycles. The van der Waals surface area contributed by atoms with Gasteiger partial charge >= 0.3 is 5.97 Å². The van der Waals surface area contributed by atoms with Crippen molar-refractivity contribution >= 4 is 29.7 Å². The molecule has 0 spiro atoms. The van der Waals surface area contributed by atoms with Gasteiger partial charge < -0.3 is 4.74 Å². The zero-order valence-corrected chi connectivity index (χ0v) is 18.3. The lowest BCUT2D eigenvalue weighted by atomic mass is 9.99. The van der Waals surface area contributed by atoms with Crippen LogP contribution in [-0.4, -0.2) is 18.9 Å². The van der Waals surface area contributed by atoms with E-state index in [1.54, 1.807) is 48.5 Å². The highest BCUT2D eigenvalue weighted by Gasteiger charge is 2.33. The number of esters is 1. The van der Waals surface area contributed by atoms with Crippen LogP contribution in [-0.2, 0) is 14.1 Å². The van der Waals surface area contributed by atoms with Crippen LogP contribution < -0.4 is 15.7 Å². The molecular weight excluding hydrogens is 409 g/mol. The van der Waals surface area contributed by atoms with Crippen molar-refractivity contribution < 1.29 is 18.9 Å². The predicted octanol–water partition coefficient (Wildman–Crippen LogP) is 4.18. The van der Waals surface area contributed by atoms with Crippen molar-refractivity contribution in [1.82, 2.24) is 5.09 Å². The Kier molecular flexibility index (Phi) is 7.01. The first-order valence-corrected chi connectivity index (χ1v) is 11.4. The highest BCUT2D eigenvalue weighted by atomic mass is 31.2. The maximum atomic E-state index is 14.4. The molecule has 0 radical (unpaired) electrons. The number of ketones is 1. The molecule has 0 aliphatic rings. The molecule has 0 bridgehead atoms. The summed E-state index contributed by atoms with van der Waals surface area (Å²) in [4.78, 5) is 24.0. The molecule has 3 aromatic rings. The topological polar surface area (TPSA) is 72.5 Å². The van der Waals surface area contributed by atoms with Gasteiger partial charge in [-0.2, -0.15) is 0 Å². The van der Waals surface area contributed by atoms with Gasteiger partial charge in [0.1, 0.15) is 0 Å². The Bertz CT molecular complexity index is 1080. The van der Waals surface area contributed by atoms with Crippen molar-refractivity contribution in [2.75, 3.05) is 7.11 Å². The highest BCUT2D eigenvalue weighted by Crippen LogP contribution is 2.43. The number of hydrogen-bond donors (Lipinski definition) is 1. The van der Waals surface area contributed by atoms with Crippen molar-refractivity contribution in [3.05, 3.63) is 108 Å². The third kappa shape index (κ3) is 4.91. The van der Waals surface area contributed by atoms with Gasteiger partial charge in [0.25, 0.3) is 0 Å². The minimum absolute atomic E-state index is 0.0675. The molecule has 0 saturated carbocycles. The second-order valence-corrected chi connectivity index (χ2v) is 9.55. The average molecular weight is 433 g/mol. The van der Waals surface area contributed by atoms with Crippen LogP contribution in [0.5, 0.6) is 0 Å². The van der Waals surface area contributed by atoms with Crippen LogP contribution in [0.4, 0.5) is 0 Å². The molecule has 0 aromatic heterocycles. The molecule has 3 rings (SSSR count). The van der Waals surface area contributed by atoms with Crippen molar-refractivity contribution in [1.29, 1.82) is 0 Å². The molecule has 6 heteroatoms. The number of carbonyl (C=O) groups excluding carboxylic acids is 2. The first-order valence-electron chi connectivity index (χ1n) is 9.74. The van der Waals surface area contributed by atoms with Gasteiger partial charge in [0.05, 0.1) is 18.7 Å². The van der Waals surface area contributed by atoms with Gasteiger partial charge in [-0.3, -0.25) is 9.36 Å². The second kappa shape index (κ2) is 9.69. The second-order valence-electron chi connectivity index (χ2n) is 7.04. The van der Waals surface area contributed by atoms with Crippen LogP contribution in [0, 0.1) is 0 Å². The maximum Gasteiger partial charge on any atom is 0.335 e. The third-order valence-corrected chi connectivity index (χ3v) is 7.67. The lowest BCUT2D eigenvalue weighted by Crippen LogP contribution is -2.33. The lowest BCUT2D eigenvalue weighted by Gasteiger charge is -2.28. The molecule has 0 heterocycles. The first-order chi connectivity index (χ1) is 14.9. The van der Waals surface area contributed by atoms with E-state index in [9.17, 15) is 14.2 Å². The van der Waals surface area contributed by atoms with Gasteiger partial charge in [-0.05, 0) is 36.8 Å². The number of nitrogens with one attached hydrogen (secondary N) is 1. The summed E-state index contributed by atoms with van der Waals surface area (Å²) in [6, 6.07) is 24.1. The van der Waals surface area contributed by atoms with E-state index in [2.05, 4.69) is 11.7 Å². The van der Waals surface area contributed by atoms with Crippen molar-refractivity contribution in [3.8, 4) is 0 Å². The summed E-state index contributed by atoms with van der Waals surface area (Å²) in [6.45, 7) is 5.39. The van der Waals surface area contributed by atoms with Crippen LogP contribution in [0.15, 0.2) is 97.1 Å². The SMILES string of the molecule is C=C(C(=O)OC)[C@H](NP(=O)(c1ccccc1)c1ccccc1)c1ccc(C(C)=O)cc1. The smallest absolute Gasteiger partial charge is 0.335 e. The van der Waals surface area contributed by atoms with Crippen molar-refractivity contribution in [3.63, 3.8) is 0 Å². The predicted molar refractivity (Wildman–Crippen MR) is 123 cm³/mol. The quantitative estimate of drug-likeness (QED) is 0.250. The Balaban J connectivity index is 2.12. The van der Waals surface area contributed by atoms with Gasteiger partial charge in [0.2, 0.25) is 7.29 Å². The normalized spacial score (nSPS) is 12.1. The summed E-state index contributed by atoms with van der Waals surface area (Å²) >= 11 is 0. The van der Waals surface area contributed by atoms with E-state index in [1.165, 1.54) is 14.0 Å². The van der Waals surface area contributed by atoms with E-state index in [1.807, 2.05) is 36.4 Å². The van der Waals surface area contributed by atoms with Gasteiger partial charge in [0, 0.05) is 16.2 Å². The Labute approximate surface area is 182 Å². The Morgan fingerprint density at radius 3 is 1.77 bits per heavy atom. The Hall–Kier alpha value is -3.27. The summed E-state index contributed by atoms with van der Waals surface area (Å²) in [7, 11) is -2.09. The monoisotopic (exact) mass is 433 g/mol. The third-order valence-electron chi connectivity index (χ3n) is 5.00. The highest BCUT2D eigenvalue weighted by molar-refractivity contribution is 7.76. The molecule has 0 aliphatic heterocycles. The zero-order chi connectivity index (χ0) is 22.4. The van der Waals surface area contributed by atoms with E-state index >= 15 is 0 Å². The van der Waals surface area contributed by atoms with Crippen molar-refractivity contribution in [2.45, 2.75) is 13.0 Å². The van der Waals surface area contributed by atoms with Crippen LogP contribution in [0.3, 0.4) is 0 Å². The standard InChI is InChI=1S/C25H24NO4P/c1-18(25(28)30-3)24(21-16-14-20(15-17-21)19(2)27)26-31(29,22-10-6-4-7-11-22)23-12-8-5-9-13-23/h4-17,24H,1H2,2-3H3,(H,26,29)/t24-/m0/s1. The number of methoxy groups -OCH3 is 1.